The Hall–Kier alpha value is -1.03. The standard InChI is InChI=1S/C16H21Cl2N3/c1-3-9-19-16(12-6-5-7-13(17)15(12)18)14-8-10-20-21(14)11-4-2/h5-8,10,16,19H,3-4,9,11H2,1-2H3. The minimum atomic E-state index is 0.00481. The first kappa shape index (κ1) is 16.3. The number of nitrogens with zero attached hydrogens (tertiary/aromatic N) is 2. The van der Waals surface area contributed by atoms with E-state index in [2.05, 4.69) is 24.3 Å². The van der Waals surface area contributed by atoms with Crippen LogP contribution in [0.1, 0.15) is 44.0 Å². The van der Waals surface area contributed by atoms with Gasteiger partial charge in [-0.1, -0.05) is 49.2 Å². The second-order valence-corrected chi connectivity index (χ2v) is 5.79. The summed E-state index contributed by atoms with van der Waals surface area (Å²) in [5, 5.41) is 9.15. The smallest absolute Gasteiger partial charge is 0.0763 e. The highest BCUT2D eigenvalue weighted by molar-refractivity contribution is 6.42. The fraction of sp³-hybridized carbons (Fsp3) is 0.438. The SMILES string of the molecule is CCCNC(c1cccc(Cl)c1Cl)c1ccnn1CCC. The summed E-state index contributed by atoms with van der Waals surface area (Å²) in [4.78, 5) is 0. The third kappa shape index (κ3) is 3.79. The Morgan fingerprint density at radius 2 is 2.00 bits per heavy atom. The van der Waals surface area contributed by atoms with Gasteiger partial charge in [-0.25, -0.2) is 0 Å². The molecule has 1 atom stereocenters. The molecule has 0 saturated heterocycles. The van der Waals surface area contributed by atoms with Crippen LogP contribution in [0.2, 0.25) is 10.0 Å². The molecule has 0 radical (unpaired) electrons. The van der Waals surface area contributed by atoms with Crippen molar-refractivity contribution >= 4 is 23.2 Å². The summed E-state index contributed by atoms with van der Waals surface area (Å²) in [5.74, 6) is 0. The highest BCUT2D eigenvalue weighted by Crippen LogP contribution is 2.33. The van der Waals surface area contributed by atoms with Crippen molar-refractivity contribution < 1.29 is 0 Å². The molecule has 0 aliphatic rings. The molecule has 0 aliphatic carbocycles. The summed E-state index contributed by atoms with van der Waals surface area (Å²) in [6.07, 6.45) is 3.93. The van der Waals surface area contributed by atoms with E-state index in [4.69, 9.17) is 23.2 Å². The van der Waals surface area contributed by atoms with Crippen LogP contribution in [0, 0.1) is 0 Å². The van der Waals surface area contributed by atoms with Crippen LogP contribution < -0.4 is 5.32 Å². The van der Waals surface area contributed by atoms with Crippen molar-refractivity contribution in [3.05, 3.63) is 51.8 Å². The molecule has 3 nitrogen and oxygen atoms in total. The molecule has 1 unspecified atom stereocenters. The predicted molar refractivity (Wildman–Crippen MR) is 89.1 cm³/mol. The molecule has 114 valence electrons. The van der Waals surface area contributed by atoms with Crippen LogP contribution in [-0.2, 0) is 6.54 Å². The molecular weight excluding hydrogens is 305 g/mol. The van der Waals surface area contributed by atoms with Crippen molar-refractivity contribution in [1.82, 2.24) is 15.1 Å². The van der Waals surface area contributed by atoms with E-state index in [1.807, 2.05) is 35.1 Å². The Morgan fingerprint density at radius 1 is 1.19 bits per heavy atom. The number of hydrogen-bond acceptors (Lipinski definition) is 2. The fourth-order valence-corrected chi connectivity index (χ4v) is 2.81. The first-order valence-electron chi connectivity index (χ1n) is 7.38. The van der Waals surface area contributed by atoms with Crippen LogP contribution >= 0.6 is 23.2 Å². The molecular formula is C16H21Cl2N3. The summed E-state index contributed by atoms with van der Waals surface area (Å²) >= 11 is 12.6. The molecule has 2 rings (SSSR count). The van der Waals surface area contributed by atoms with Gasteiger partial charge in [0.1, 0.15) is 0 Å². The number of aromatic nitrogens is 2. The molecule has 21 heavy (non-hydrogen) atoms. The molecule has 0 bridgehead atoms. The van der Waals surface area contributed by atoms with E-state index in [1.165, 1.54) is 0 Å². The lowest BCUT2D eigenvalue weighted by Gasteiger charge is -2.22. The Kier molecular flexibility index (Phi) is 6.09. The molecule has 0 saturated carbocycles. The number of rotatable bonds is 7. The van der Waals surface area contributed by atoms with Crippen molar-refractivity contribution in [3.8, 4) is 0 Å². The van der Waals surface area contributed by atoms with Crippen LogP contribution in [0.5, 0.6) is 0 Å². The van der Waals surface area contributed by atoms with Gasteiger partial charge < -0.3 is 5.32 Å². The summed E-state index contributed by atoms with van der Waals surface area (Å²) in [5.41, 5.74) is 2.12. The number of halogens is 2. The highest BCUT2D eigenvalue weighted by Gasteiger charge is 2.21. The van der Waals surface area contributed by atoms with Gasteiger partial charge in [-0.3, -0.25) is 4.68 Å². The van der Waals surface area contributed by atoms with Crippen molar-refractivity contribution in [3.63, 3.8) is 0 Å². The average molecular weight is 326 g/mol. The maximum absolute atomic E-state index is 6.41. The van der Waals surface area contributed by atoms with E-state index in [0.717, 1.165) is 37.2 Å². The number of hydrogen-bond donors (Lipinski definition) is 1. The Labute approximate surface area is 136 Å². The van der Waals surface area contributed by atoms with E-state index >= 15 is 0 Å². The van der Waals surface area contributed by atoms with E-state index in [9.17, 15) is 0 Å². The number of aryl methyl sites for hydroxylation is 1. The van der Waals surface area contributed by atoms with Crippen molar-refractivity contribution in [2.75, 3.05) is 6.54 Å². The number of nitrogens with one attached hydrogen (secondary N) is 1. The molecule has 0 amide bonds. The molecule has 0 fully saturated rings. The second-order valence-electron chi connectivity index (χ2n) is 5.01. The molecule has 1 heterocycles. The number of benzene rings is 1. The normalized spacial score (nSPS) is 12.6. The highest BCUT2D eigenvalue weighted by atomic mass is 35.5. The van der Waals surface area contributed by atoms with Gasteiger partial charge in [0.2, 0.25) is 0 Å². The lowest BCUT2D eigenvalue weighted by molar-refractivity contribution is 0.511. The summed E-state index contributed by atoms with van der Waals surface area (Å²) in [7, 11) is 0. The van der Waals surface area contributed by atoms with Crippen LogP contribution in [0.3, 0.4) is 0 Å². The van der Waals surface area contributed by atoms with Crippen molar-refractivity contribution in [2.45, 2.75) is 39.3 Å². The van der Waals surface area contributed by atoms with Crippen LogP contribution in [-0.4, -0.2) is 16.3 Å². The van der Waals surface area contributed by atoms with Gasteiger partial charge in [-0.2, -0.15) is 5.10 Å². The molecule has 5 heteroatoms. The second kappa shape index (κ2) is 7.83. The van der Waals surface area contributed by atoms with Gasteiger partial charge in [-0.05, 0) is 37.1 Å². The van der Waals surface area contributed by atoms with Gasteiger partial charge in [0, 0.05) is 12.7 Å². The predicted octanol–water partition coefficient (Wildman–Crippen LogP) is 4.69. The van der Waals surface area contributed by atoms with E-state index in [1.54, 1.807) is 0 Å². The zero-order valence-corrected chi connectivity index (χ0v) is 14.0. The third-order valence-electron chi connectivity index (χ3n) is 3.37. The summed E-state index contributed by atoms with van der Waals surface area (Å²) in [6.45, 7) is 6.09. The Morgan fingerprint density at radius 3 is 2.71 bits per heavy atom. The molecule has 1 aromatic carbocycles. The zero-order valence-electron chi connectivity index (χ0n) is 12.4. The summed E-state index contributed by atoms with van der Waals surface area (Å²) in [6, 6.07) is 7.81. The zero-order chi connectivity index (χ0) is 15.2. The first-order chi connectivity index (χ1) is 10.2. The van der Waals surface area contributed by atoms with Gasteiger partial charge >= 0.3 is 0 Å². The van der Waals surface area contributed by atoms with E-state index < -0.39 is 0 Å². The molecule has 2 aromatic rings. The van der Waals surface area contributed by atoms with Gasteiger partial charge in [0.05, 0.1) is 21.8 Å². The van der Waals surface area contributed by atoms with Crippen LogP contribution in [0.4, 0.5) is 0 Å². The molecule has 0 spiro atoms. The minimum absolute atomic E-state index is 0.00481. The van der Waals surface area contributed by atoms with Gasteiger partial charge in [-0.15, -0.1) is 0 Å². The average Bonchev–Trinajstić information content (AvgIpc) is 2.92. The van der Waals surface area contributed by atoms with Gasteiger partial charge in [0.15, 0.2) is 0 Å². The fourth-order valence-electron chi connectivity index (χ4n) is 2.39. The van der Waals surface area contributed by atoms with Crippen molar-refractivity contribution in [1.29, 1.82) is 0 Å². The van der Waals surface area contributed by atoms with Crippen LogP contribution in [0.15, 0.2) is 30.5 Å². The minimum Gasteiger partial charge on any atom is -0.305 e. The lowest BCUT2D eigenvalue weighted by Crippen LogP contribution is -2.26. The van der Waals surface area contributed by atoms with Gasteiger partial charge in [0.25, 0.3) is 0 Å². The molecule has 1 N–H and O–H groups in total. The quantitative estimate of drug-likeness (QED) is 0.800. The largest absolute Gasteiger partial charge is 0.305 e. The summed E-state index contributed by atoms with van der Waals surface area (Å²) < 4.78 is 2.03. The Balaban J connectivity index is 2.42. The maximum Gasteiger partial charge on any atom is 0.0763 e. The third-order valence-corrected chi connectivity index (χ3v) is 4.21. The van der Waals surface area contributed by atoms with E-state index in [-0.39, 0.29) is 6.04 Å². The monoisotopic (exact) mass is 325 g/mol. The lowest BCUT2D eigenvalue weighted by atomic mass is 10.0. The van der Waals surface area contributed by atoms with Crippen molar-refractivity contribution in [2.24, 2.45) is 0 Å². The maximum atomic E-state index is 6.41. The first-order valence-corrected chi connectivity index (χ1v) is 8.13. The molecule has 1 aromatic heterocycles. The van der Waals surface area contributed by atoms with E-state index in [0.29, 0.717) is 10.0 Å². The molecule has 0 aliphatic heterocycles. The Bertz CT molecular complexity index is 581. The van der Waals surface area contributed by atoms with Crippen LogP contribution in [0.25, 0.3) is 0 Å². The topological polar surface area (TPSA) is 29.9 Å².